The SMILES string of the molecule is CC(C)Cc1ccc(C(C)C(=O)NC(=S)Nc2ccc(C(=O)NC(C)(C)C)cc2)cc1. The Bertz CT molecular complexity index is 913. The zero-order valence-electron chi connectivity index (χ0n) is 19.2. The molecule has 0 radical (unpaired) electrons. The highest BCUT2D eigenvalue weighted by atomic mass is 32.1. The van der Waals surface area contributed by atoms with Crippen molar-refractivity contribution in [2.45, 2.75) is 59.4 Å². The van der Waals surface area contributed by atoms with E-state index in [1.165, 1.54) is 5.56 Å². The molecule has 2 aromatic carbocycles. The van der Waals surface area contributed by atoms with Gasteiger partial charge in [-0.2, -0.15) is 0 Å². The van der Waals surface area contributed by atoms with Crippen molar-refractivity contribution in [2.24, 2.45) is 5.92 Å². The highest BCUT2D eigenvalue weighted by Gasteiger charge is 2.17. The molecule has 0 bridgehead atoms. The van der Waals surface area contributed by atoms with Crippen molar-refractivity contribution in [3.8, 4) is 0 Å². The molecule has 0 aromatic heterocycles. The lowest BCUT2D eigenvalue weighted by Crippen LogP contribution is -2.40. The molecule has 31 heavy (non-hydrogen) atoms. The Morgan fingerprint density at radius 2 is 1.52 bits per heavy atom. The van der Waals surface area contributed by atoms with Crippen molar-refractivity contribution in [2.75, 3.05) is 5.32 Å². The van der Waals surface area contributed by atoms with Gasteiger partial charge in [-0.25, -0.2) is 0 Å². The lowest BCUT2D eigenvalue weighted by molar-refractivity contribution is -0.120. The smallest absolute Gasteiger partial charge is 0.251 e. The maximum Gasteiger partial charge on any atom is 0.251 e. The maximum absolute atomic E-state index is 12.6. The number of thiocarbonyl (C=S) groups is 1. The fourth-order valence-electron chi connectivity index (χ4n) is 3.07. The van der Waals surface area contributed by atoms with Gasteiger partial charge >= 0.3 is 0 Å². The Kier molecular flexibility index (Phi) is 8.34. The van der Waals surface area contributed by atoms with Crippen LogP contribution in [0.3, 0.4) is 0 Å². The number of anilines is 1. The Hall–Kier alpha value is -2.73. The van der Waals surface area contributed by atoms with E-state index in [-0.39, 0.29) is 28.4 Å². The van der Waals surface area contributed by atoms with E-state index in [1.54, 1.807) is 24.3 Å². The quantitative estimate of drug-likeness (QED) is 0.552. The Morgan fingerprint density at radius 1 is 0.935 bits per heavy atom. The Morgan fingerprint density at radius 3 is 2.03 bits per heavy atom. The number of nitrogens with one attached hydrogen (secondary N) is 3. The summed E-state index contributed by atoms with van der Waals surface area (Å²) in [6.07, 6.45) is 1.02. The Labute approximate surface area is 191 Å². The molecule has 0 spiro atoms. The topological polar surface area (TPSA) is 70.2 Å². The number of carbonyl (C=O) groups excluding carboxylic acids is 2. The van der Waals surface area contributed by atoms with E-state index in [1.807, 2.05) is 39.8 Å². The van der Waals surface area contributed by atoms with Gasteiger partial charge in [0.1, 0.15) is 0 Å². The van der Waals surface area contributed by atoms with Gasteiger partial charge in [0.05, 0.1) is 5.92 Å². The van der Waals surface area contributed by atoms with Crippen molar-refractivity contribution >= 4 is 34.8 Å². The first-order chi connectivity index (χ1) is 14.4. The van der Waals surface area contributed by atoms with Crippen LogP contribution in [0, 0.1) is 5.92 Å². The molecule has 0 aliphatic rings. The van der Waals surface area contributed by atoms with Crippen LogP contribution in [0.1, 0.15) is 68.9 Å². The average molecular weight is 440 g/mol. The van der Waals surface area contributed by atoms with Gasteiger partial charge in [-0.15, -0.1) is 0 Å². The van der Waals surface area contributed by atoms with Crippen LogP contribution in [-0.2, 0) is 11.2 Å². The first-order valence-corrected chi connectivity index (χ1v) is 11.0. The predicted octanol–water partition coefficient (Wildman–Crippen LogP) is 5.03. The lowest BCUT2D eigenvalue weighted by atomic mass is 9.96. The largest absolute Gasteiger partial charge is 0.347 e. The van der Waals surface area contributed by atoms with Crippen LogP contribution in [0.15, 0.2) is 48.5 Å². The van der Waals surface area contributed by atoms with Crippen LogP contribution in [0.25, 0.3) is 0 Å². The van der Waals surface area contributed by atoms with Gasteiger partial charge in [-0.05, 0) is 87.6 Å². The summed E-state index contributed by atoms with van der Waals surface area (Å²) in [5.41, 5.74) is 3.17. The third-order valence-corrected chi connectivity index (χ3v) is 4.85. The number of hydrogen-bond acceptors (Lipinski definition) is 3. The molecule has 166 valence electrons. The molecule has 2 amide bonds. The number of amides is 2. The molecule has 0 saturated carbocycles. The second-order valence-corrected chi connectivity index (χ2v) is 9.69. The molecule has 0 heterocycles. The fraction of sp³-hybridized carbons (Fsp3) is 0.400. The number of rotatable bonds is 6. The fourth-order valence-corrected chi connectivity index (χ4v) is 3.28. The summed E-state index contributed by atoms with van der Waals surface area (Å²) < 4.78 is 0. The minimum absolute atomic E-state index is 0.136. The van der Waals surface area contributed by atoms with E-state index >= 15 is 0 Å². The molecule has 0 aliphatic heterocycles. The molecule has 6 heteroatoms. The van der Waals surface area contributed by atoms with Crippen LogP contribution in [0.4, 0.5) is 5.69 Å². The third kappa shape index (κ3) is 8.13. The van der Waals surface area contributed by atoms with Gasteiger partial charge in [-0.1, -0.05) is 38.1 Å². The molecule has 2 aromatic rings. The number of hydrogen-bond donors (Lipinski definition) is 3. The molecule has 0 saturated heterocycles. The first-order valence-electron chi connectivity index (χ1n) is 10.6. The van der Waals surface area contributed by atoms with Gasteiger partial charge < -0.3 is 16.0 Å². The van der Waals surface area contributed by atoms with E-state index in [2.05, 4.69) is 41.9 Å². The molecule has 5 nitrogen and oxygen atoms in total. The zero-order valence-corrected chi connectivity index (χ0v) is 20.0. The number of benzene rings is 2. The van der Waals surface area contributed by atoms with Gasteiger partial charge in [-0.3, -0.25) is 9.59 Å². The summed E-state index contributed by atoms with van der Waals surface area (Å²) in [7, 11) is 0. The van der Waals surface area contributed by atoms with E-state index in [4.69, 9.17) is 12.2 Å². The normalized spacial score (nSPS) is 12.2. The zero-order chi connectivity index (χ0) is 23.2. The molecule has 3 N–H and O–H groups in total. The molecular formula is C25H33N3O2S. The highest BCUT2D eigenvalue weighted by Crippen LogP contribution is 2.18. The second-order valence-electron chi connectivity index (χ2n) is 9.29. The van der Waals surface area contributed by atoms with Crippen LogP contribution >= 0.6 is 12.2 Å². The van der Waals surface area contributed by atoms with E-state index < -0.39 is 0 Å². The van der Waals surface area contributed by atoms with Gasteiger partial charge in [0.2, 0.25) is 5.91 Å². The molecule has 0 fully saturated rings. The van der Waals surface area contributed by atoms with Crippen molar-refractivity contribution in [1.29, 1.82) is 0 Å². The minimum Gasteiger partial charge on any atom is -0.347 e. The molecule has 1 unspecified atom stereocenters. The van der Waals surface area contributed by atoms with E-state index in [0.717, 1.165) is 12.0 Å². The minimum atomic E-state index is -0.323. The van der Waals surface area contributed by atoms with Crippen molar-refractivity contribution in [3.05, 3.63) is 65.2 Å². The highest BCUT2D eigenvalue weighted by molar-refractivity contribution is 7.80. The third-order valence-electron chi connectivity index (χ3n) is 4.65. The van der Waals surface area contributed by atoms with Crippen LogP contribution in [-0.4, -0.2) is 22.5 Å². The van der Waals surface area contributed by atoms with Crippen LogP contribution in [0.5, 0.6) is 0 Å². The molecule has 1 atom stereocenters. The summed E-state index contributed by atoms with van der Waals surface area (Å²) in [6, 6.07) is 15.1. The van der Waals surface area contributed by atoms with Gasteiger partial charge in [0.15, 0.2) is 5.11 Å². The standard InChI is InChI=1S/C25H33N3O2S/c1-16(2)15-18-7-9-19(10-8-18)17(3)22(29)27-24(31)26-21-13-11-20(12-14-21)23(30)28-25(4,5)6/h7-14,16-17H,15H2,1-6H3,(H,28,30)(H2,26,27,29,31). The molecular weight excluding hydrogens is 406 g/mol. The van der Waals surface area contributed by atoms with E-state index in [9.17, 15) is 9.59 Å². The lowest BCUT2D eigenvalue weighted by Gasteiger charge is -2.20. The van der Waals surface area contributed by atoms with Gasteiger partial charge in [0.25, 0.3) is 5.91 Å². The first kappa shape index (κ1) is 24.5. The summed E-state index contributed by atoms with van der Waals surface area (Å²) >= 11 is 5.28. The molecule has 0 aliphatic carbocycles. The maximum atomic E-state index is 12.6. The summed E-state index contributed by atoms with van der Waals surface area (Å²) in [4.78, 5) is 24.8. The molecule has 2 rings (SSSR count). The summed E-state index contributed by atoms with van der Waals surface area (Å²) in [6.45, 7) is 12.0. The van der Waals surface area contributed by atoms with Crippen LogP contribution in [0.2, 0.25) is 0 Å². The predicted molar refractivity (Wildman–Crippen MR) is 131 cm³/mol. The summed E-state index contributed by atoms with van der Waals surface area (Å²) in [5, 5.41) is 8.88. The second kappa shape index (κ2) is 10.5. The summed E-state index contributed by atoms with van der Waals surface area (Å²) in [5.74, 6) is -0.0354. The van der Waals surface area contributed by atoms with Crippen molar-refractivity contribution < 1.29 is 9.59 Å². The Balaban J connectivity index is 1.91. The average Bonchev–Trinajstić information content (AvgIpc) is 2.66. The van der Waals surface area contributed by atoms with Crippen molar-refractivity contribution in [3.63, 3.8) is 0 Å². The van der Waals surface area contributed by atoms with Crippen LogP contribution < -0.4 is 16.0 Å². The van der Waals surface area contributed by atoms with E-state index in [0.29, 0.717) is 17.2 Å². The van der Waals surface area contributed by atoms with Crippen molar-refractivity contribution in [1.82, 2.24) is 10.6 Å². The van der Waals surface area contributed by atoms with Gasteiger partial charge in [0, 0.05) is 16.8 Å². The number of carbonyl (C=O) groups is 2. The monoisotopic (exact) mass is 439 g/mol.